The van der Waals surface area contributed by atoms with Crippen molar-refractivity contribution in [2.75, 3.05) is 13.1 Å². The van der Waals surface area contributed by atoms with Crippen LogP contribution in [0.1, 0.15) is 79.0 Å². The first kappa shape index (κ1) is 24.2. The van der Waals surface area contributed by atoms with E-state index in [1.165, 1.54) is 46.5 Å². The first-order chi connectivity index (χ1) is 15.8. The van der Waals surface area contributed by atoms with Crippen LogP contribution in [-0.4, -0.2) is 31.7 Å². The summed E-state index contributed by atoms with van der Waals surface area (Å²) in [5.41, 5.74) is 4.04. The summed E-state index contributed by atoms with van der Waals surface area (Å²) < 4.78 is 27.8. The number of hydrogen-bond donors (Lipinski definition) is 1. The van der Waals surface area contributed by atoms with Gasteiger partial charge in [0, 0.05) is 13.1 Å². The molecule has 0 bridgehead atoms. The van der Waals surface area contributed by atoms with Crippen LogP contribution in [0, 0.1) is 5.92 Å². The van der Waals surface area contributed by atoms with E-state index in [1.807, 2.05) is 6.92 Å². The fourth-order valence-corrected chi connectivity index (χ4v) is 6.54. The van der Waals surface area contributed by atoms with Crippen LogP contribution < -0.4 is 5.32 Å². The Kier molecular flexibility index (Phi) is 7.46. The molecule has 2 aromatic rings. The number of carbonyl (C=O) groups excluding carboxylic acids is 1. The van der Waals surface area contributed by atoms with Crippen LogP contribution in [0.4, 0.5) is 0 Å². The third-order valence-corrected chi connectivity index (χ3v) is 9.28. The van der Waals surface area contributed by atoms with E-state index in [9.17, 15) is 13.2 Å². The zero-order valence-electron chi connectivity index (χ0n) is 19.4. The number of nitrogens with one attached hydrogen (secondary N) is 1. The van der Waals surface area contributed by atoms with Gasteiger partial charge in [0.05, 0.1) is 21.5 Å². The lowest BCUT2D eigenvalue weighted by atomic mass is 9.88. The highest BCUT2D eigenvalue weighted by atomic mass is 35.5. The van der Waals surface area contributed by atoms with Gasteiger partial charge in [0.15, 0.2) is 0 Å². The van der Waals surface area contributed by atoms with E-state index in [0.29, 0.717) is 19.0 Å². The predicted octanol–water partition coefficient (Wildman–Crippen LogP) is 5.52. The minimum atomic E-state index is -3.66. The number of rotatable bonds is 6. The molecule has 1 aliphatic carbocycles. The highest BCUT2D eigenvalue weighted by Gasteiger charge is 2.29. The highest BCUT2D eigenvalue weighted by molar-refractivity contribution is 7.89. The normalized spacial score (nSPS) is 18.5. The Morgan fingerprint density at radius 1 is 1.09 bits per heavy atom. The van der Waals surface area contributed by atoms with E-state index in [0.717, 1.165) is 37.7 Å². The molecule has 2 aromatic carbocycles. The largest absolute Gasteiger partial charge is 0.345 e. The lowest BCUT2D eigenvalue weighted by Gasteiger charge is -2.29. The molecule has 1 heterocycles. The average molecular weight is 489 g/mol. The fraction of sp³-hybridized carbons (Fsp3) is 0.500. The van der Waals surface area contributed by atoms with Crippen molar-refractivity contribution in [1.82, 2.24) is 9.62 Å². The number of amides is 1. The molecule has 33 heavy (non-hydrogen) atoms. The van der Waals surface area contributed by atoms with E-state index < -0.39 is 10.0 Å². The smallest absolute Gasteiger partial charge is 0.253 e. The number of piperidine rings is 1. The SMILES string of the molecule is CC[C@H](NC(=O)c1cc(S(=O)(=O)N2CCC(C)CC2)ccc1Cl)c1ccc2c(c1)CCCC2. The van der Waals surface area contributed by atoms with Crippen molar-refractivity contribution in [3.05, 3.63) is 63.7 Å². The summed E-state index contributed by atoms with van der Waals surface area (Å²) in [4.78, 5) is 13.3. The zero-order chi connectivity index (χ0) is 23.6. The molecule has 1 fully saturated rings. The van der Waals surface area contributed by atoms with Crippen LogP contribution in [0.2, 0.25) is 5.02 Å². The second-order valence-electron chi connectivity index (χ2n) is 9.40. The number of benzene rings is 2. The molecular formula is C26H33ClN2O3S. The Hall–Kier alpha value is -1.89. The maximum atomic E-state index is 13.2. The molecular weight excluding hydrogens is 456 g/mol. The Labute approximate surface area is 202 Å². The van der Waals surface area contributed by atoms with Crippen LogP contribution >= 0.6 is 11.6 Å². The minimum Gasteiger partial charge on any atom is -0.345 e. The number of aryl methyl sites for hydroxylation is 2. The van der Waals surface area contributed by atoms with Crippen molar-refractivity contribution in [2.45, 2.75) is 69.7 Å². The van der Waals surface area contributed by atoms with Gasteiger partial charge in [-0.15, -0.1) is 0 Å². The van der Waals surface area contributed by atoms with Crippen molar-refractivity contribution in [2.24, 2.45) is 5.92 Å². The molecule has 1 saturated heterocycles. The van der Waals surface area contributed by atoms with Crippen LogP contribution in [0.3, 0.4) is 0 Å². The van der Waals surface area contributed by atoms with E-state index in [4.69, 9.17) is 11.6 Å². The topological polar surface area (TPSA) is 66.5 Å². The van der Waals surface area contributed by atoms with Crippen LogP contribution in [-0.2, 0) is 22.9 Å². The molecule has 1 aliphatic heterocycles. The number of hydrogen-bond acceptors (Lipinski definition) is 3. The number of fused-ring (bicyclic) bond motifs is 1. The molecule has 0 unspecified atom stereocenters. The van der Waals surface area contributed by atoms with E-state index in [-0.39, 0.29) is 27.4 Å². The zero-order valence-corrected chi connectivity index (χ0v) is 21.0. The van der Waals surface area contributed by atoms with Gasteiger partial charge in [-0.1, -0.05) is 43.6 Å². The fourth-order valence-electron chi connectivity index (χ4n) is 4.84. The Balaban J connectivity index is 1.55. The quantitative estimate of drug-likeness (QED) is 0.582. The monoisotopic (exact) mass is 488 g/mol. The van der Waals surface area contributed by atoms with Gasteiger partial charge in [-0.2, -0.15) is 4.31 Å². The molecule has 1 atom stereocenters. The molecule has 1 amide bonds. The molecule has 0 saturated carbocycles. The molecule has 7 heteroatoms. The Morgan fingerprint density at radius 2 is 1.79 bits per heavy atom. The highest BCUT2D eigenvalue weighted by Crippen LogP contribution is 2.29. The van der Waals surface area contributed by atoms with Crippen LogP contribution in [0.5, 0.6) is 0 Å². The number of nitrogens with zero attached hydrogens (tertiary/aromatic N) is 1. The van der Waals surface area contributed by atoms with Crippen molar-refractivity contribution >= 4 is 27.5 Å². The lowest BCUT2D eigenvalue weighted by Crippen LogP contribution is -2.38. The second-order valence-corrected chi connectivity index (χ2v) is 11.7. The predicted molar refractivity (Wildman–Crippen MR) is 132 cm³/mol. The number of carbonyl (C=O) groups is 1. The molecule has 0 radical (unpaired) electrons. The number of halogens is 1. The third kappa shape index (κ3) is 5.28. The van der Waals surface area contributed by atoms with Crippen molar-refractivity contribution in [3.63, 3.8) is 0 Å². The summed E-state index contributed by atoms with van der Waals surface area (Å²) in [6.45, 7) is 5.18. The average Bonchev–Trinajstić information content (AvgIpc) is 2.82. The summed E-state index contributed by atoms with van der Waals surface area (Å²) in [5, 5.41) is 3.33. The Morgan fingerprint density at radius 3 is 2.48 bits per heavy atom. The standard InChI is InChI=1S/C26H33ClN2O3S/c1-3-25(21-9-8-19-6-4-5-7-20(19)16-21)28-26(30)23-17-22(10-11-24(23)27)33(31,32)29-14-12-18(2)13-15-29/h8-11,16-18,25H,3-7,12-15H2,1-2H3,(H,28,30)/t25-/m0/s1. The van der Waals surface area contributed by atoms with Gasteiger partial charge in [-0.3, -0.25) is 4.79 Å². The molecule has 178 valence electrons. The van der Waals surface area contributed by atoms with E-state index in [1.54, 1.807) is 0 Å². The minimum absolute atomic E-state index is 0.119. The summed E-state index contributed by atoms with van der Waals surface area (Å²) in [5.74, 6) is 0.173. The summed E-state index contributed by atoms with van der Waals surface area (Å²) in [6.07, 6.45) is 7.05. The summed E-state index contributed by atoms with van der Waals surface area (Å²) in [7, 11) is -3.66. The maximum Gasteiger partial charge on any atom is 0.253 e. The van der Waals surface area contributed by atoms with Gasteiger partial charge in [-0.25, -0.2) is 8.42 Å². The van der Waals surface area contributed by atoms with Gasteiger partial charge >= 0.3 is 0 Å². The van der Waals surface area contributed by atoms with Crippen molar-refractivity contribution in [1.29, 1.82) is 0 Å². The van der Waals surface area contributed by atoms with Gasteiger partial charge in [0.2, 0.25) is 10.0 Å². The molecule has 2 aliphatic rings. The van der Waals surface area contributed by atoms with E-state index in [2.05, 4.69) is 30.4 Å². The van der Waals surface area contributed by atoms with E-state index >= 15 is 0 Å². The van der Waals surface area contributed by atoms with Crippen LogP contribution in [0.25, 0.3) is 0 Å². The van der Waals surface area contributed by atoms with Gasteiger partial charge in [0.25, 0.3) is 5.91 Å². The lowest BCUT2D eigenvalue weighted by molar-refractivity contribution is 0.0935. The Bertz CT molecular complexity index is 1120. The molecule has 5 nitrogen and oxygen atoms in total. The molecule has 0 aromatic heterocycles. The van der Waals surface area contributed by atoms with Crippen molar-refractivity contribution < 1.29 is 13.2 Å². The van der Waals surface area contributed by atoms with Gasteiger partial charge in [-0.05, 0) is 85.8 Å². The first-order valence-electron chi connectivity index (χ1n) is 12.0. The van der Waals surface area contributed by atoms with Crippen molar-refractivity contribution in [3.8, 4) is 0 Å². The first-order valence-corrected chi connectivity index (χ1v) is 13.8. The summed E-state index contributed by atoms with van der Waals surface area (Å²) >= 11 is 6.34. The summed E-state index contributed by atoms with van der Waals surface area (Å²) in [6, 6.07) is 10.7. The molecule has 4 rings (SSSR count). The van der Waals surface area contributed by atoms with Crippen LogP contribution in [0.15, 0.2) is 41.3 Å². The van der Waals surface area contributed by atoms with Gasteiger partial charge in [0.1, 0.15) is 0 Å². The van der Waals surface area contributed by atoms with Gasteiger partial charge < -0.3 is 5.32 Å². The number of sulfonamides is 1. The second kappa shape index (κ2) is 10.2. The molecule has 1 N–H and O–H groups in total. The maximum absolute atomic E-state index is 13.2. The molecule has 0 spiro atoms. The third-order valence-electron chi connectivity index (χ3n) is 7.05.